The minimum Gasteiger partial charge on any atom is -0.489 e. The van der Waals surface area contributed by atoms with E-state index in [1.54, 1.807) is 4.90 Å². The smallest absolute Gasteiger partial charge is 0.416 e. The molecule has 0 unspecified atom stereocenters. The molecular weight excluding hydrogens is 413 g/mol. The number of halogens is 3. The Hall–Kier alpha value is -1.98. The number of benzene rings is 1. The highest BCUT2D eigenvalue weighted by Gasteiger charge is 2.31. The van der Waals surface area contributed by atoms with Crippen molar-refractivity contribution in [3.8, 4) is 5.75 Å². The fourth-order valence-electron chi connectivity index (χ4n) is 2.49. The van der Waals surface area contributed by atoms with Crippen molar-refractivity contribution in [3.05, 3.63) is 23.8 Å². The van der Waals surface area contributed by atoms with Gasteiger partial charge in [-0.05, 0) is 18.2 Å². The molecule has 2 rings (SSSR count). The van der Waals surface area contributed by atoms with Gasteiger partial charge in [-0.1, -0.05) is 0 Å². The predicted octanol–water partition coefficient (Wildman–Crippen LogP) is 2.26. The van der Waals surface area contributed by atoms with Crippen molar-refractivity contribution in [2.45, 2.75) is 6.18 Å². The number of amides is 2. The first kappa shape index (κ1) is 23.3. The second-order valence-corrected chi connectivity index (χ2v) is 7.07. The number of anilines is 1. The molecule has 1 saturated heterocycles. The first-order chi connectivity index (χ1) is 13.8. The number of hydrogen-bond acceptors (Lipinski definition) is 6. The van der Waals surface area contributed by atoms with Gasteiger partial charge in [-0.3, -0.25) is 9.59 Å². The van der Waals surface area contributed by atoms with Gasteiger partial charge in [-0.2, -0.15) is 13.2 Å². The molecule has 1 aliphatic heterocycles. The van der Waals surface area contributed by atoms with Crippen LogP contribution in [-0.2, 0) is 25.2 Å². The third-order valence-electron chi connectivity index (χ3n) is 3.95. The second-order valence-electron chi connectivity index (χ2n) is 6.08. The second kappa shape index (κ2) is 11.3. The van der Waals surface area contributed by atoms with Gasteiger partial charge in [-0.25, -0.2) is 0 Å². The monoisotopic (exact) mass is 436 g/mol. The van der Waals surface area contributed by atoms with Crippen molar-refractivity contribution in [1.29, 1.82) is 0 Å². The molecule has 29 heavy (non-hydrogen) atoms. The van der Waals surface area contributed by atoms with E-state index in [1.807, 2.05) is 0 Å². The Balaban J connectivity index is 1.92. The fraction of sp³-hybridized carbons (Fsp3) is 0.556. The van der Waals surface area contributed by atoms with Crippen LogP contribution in [-0.4, -0.2) is 74.8 Å². The molecule has 0 radical (unpaired) electrons. The maximum Gasteiger partial charge on any atom is 0.416 e. The molecular formula is C18H23F3N2O5S. The largest absolute Gasteiger partial charge is 0.489 e. The van der Waals surface area contributed by atoms with E-state index < -0.39 is 17.6 Å². The lowest BCUT2D eigenvalue weighted by Crippen LogP contribution is -2.41. The van der Waals surface area contributed by atoms with Gasteiger partial charge < -0.3 is 24.4 Å². The summed E-state index contributed by atoms with van der Waals surface area (Å²) in [5.74, 6) is -0.496. The summed E-state index contributed by atoms with van der Waals surface area (Å²) in [6.45, 7) is 2.36. The van der Waals surface area contributed by atoms with Gasteiger partial charge in [0.05, 0.1) is 42.6 Å². The molecule has 0 atom stereocenters. The molecule has 0 saturated carbocycles. The van der Waals surface area contributed by atoms with Crippen LogP contribution in [0.4, 0.5) is 18.9 Å². The first-order valence-electron chi connectivity index (χ1n) is 8.87. The average Bonchev–Trinajstić information content (AvgIpc) is 2.69. The van der Waals surface area contributed by atoms with Crippen molar-refractivity contribution >= 4 is 29.3 Å². The van der Waals surface area contributed by atoms with E-state index >= 15 is 0 Å². The normalized spacial score (nSPS) is 14.6. The molecule has 1 aliphatic rings. The van der Waals surface area contributed by atoms with Crippen molar-refractivity contribution in [2.24, 2.45) is 0 Å². The maximum atomic E-state index is 13.0. The van der Waals surface area contributed by atoms with Crippen LogP contribution >= 0.6 is 11.8 Å². The molecule has 0 aromatic heterocycles. The highest BCUT2D eigenvalue weighted by molar-refractivity contribution is 8.00. The lowest BCUT2D eigenvalue weighted by Gasteiger charge is -2.26. The lowest BCUT2D eigenvalue weighted by molar-refractivity contribution is -0.137. The quantitative estimate of drug-likeness (QED) is 0.599. The van der Waals surface area contributed by atoms with E-state index in [-0.39, 0.29) is 42.1 Å². The number of rotatable bonds is 9. The molecule has 0 aliphatic carbocycles. The van der Waals surface area contributed by atoms with Crippen LogP contribution in [0.2, 0.25) is 0 Å². The third kappa shape index (κ3) is 7.75. The standard InChI is InChI=1S/C18H23F3N2O5S/c1-26-8-9-28-15-3-2-13(18(19,20)21)10-14(15)22-16(24)11-29-12-17(25)23-4-6-27-7-5-23/h2-3,10H,4-9,11-12H2,1H3,(H,22,24). The van der Waals surface area contributed by atoms with E-state index in [0.29, 0.717) is 26.3 Å². The number of thioether (sulfide) groups is 1. The number of nitrogens with one attached hydrogen (secondary N) is 1. The van der Waals surface area contributed by atoms with E-state index in [1.165, 1.54) is 7.11 Å². The van der Waals surface area contributed by atoms with Crippen LogP contribution < -0.4 is 10.1 Å². The Labute approximate surface area is 170 Å². The summed E-state index contributed by atoms with van der Waals surface area (Å²) in [4.78, 5) is 25.9. The van der Waals surface area contributed by atoms with Gasteiger partial charge in [-0.15, -0.1) is 11.8 Å². The minimum atomic E-state index is -4.55. The Kier molecular flexibility index (Phi) is 9.05. The molecule has 1 aromatic carbocycles. The zero-order chi connectivity index (χ0) is 21.3. The first-order valence-corrected chi connectivity index (χ1v) is 10.0. The molecule has 162 valence electrons. The molecule has 2 amide bonds. The van der Waals surface area contributed by atoms with Crippen molar-refractivity contribution in [1.82, 2.24) is 4.90 Å². The summed E-state index contributed by atoms with van der Waals surface area (Å²) < 4.78 is 54.4. The molecule has 1 aromatic rings. The lowest BCUT2D eigenvalue weighted by atomic mass is 10.1. The molecule has 11 heteroatoms. The Morgan fingerprint density at radius 3 is 2.59 bits per heavy atom. The van der Waals surface area contributed by atoms with Crippen molar-refractivity contribution < 1.29 is 37.0 Å². The molecule has 0 spiro atoms. The predicted molar refractivity (Wildman–Crippen MR) is 102 cm³/mol. The highest BCUT2D eigenvalue weighted by Crippen LogP contribution is 2.35. The van der Waals surface area contributed by atoms with Crippen LogP contribution in [0.25, 0.3) is 0 Å². The number of methoxy groups -OCH3 is 1. The third-order valence-corrected chi connectivity index (χ3v) is 4.87. The summed E-state index contributed by atoms with van der Waals surface area (Å²) >= 11 is 1.09. The zero-order valence-corrected chi connectivity index (χ0v) is 16.7. The van der Waals surface area contributed by atoms with Gasteiger partial charge in [0.2, 0.25) is 11.8 Å². The van der Waals surface area contributed by atoms with E-state index in [4.69, 9.17) is 14.2 Å². The molecule has 0 bridgehead atoms. The van der Waals surface area contributed by atoms with Crippen LogP contribution in [0.15, 0.2) is 18.2 Å². The summed E-state index contributed by atoms with van der Waals surface area (Å²) in [5.41, 5.74) is -0.983. The van der Waals surface area contributed by atoms with Crippen LogP contribution in [0.5, 0.6) is 5.75 Å². The number of morpholine rings is 1. The Bertz CT molecular complexity index is 697. The summed E-state index contributed by atoms with van der Waals surface area (Å²) in [6, 6.07) is 2.86. The highest BCUT2D eigenvalue weighted by atomic mass is 32.2. The molecule has 1 fully saturated rings. The van der Waals surface area contributed by atoms with E-state index in [2.05, 4.69) is 5.32 Å². The number of carbonyl (C=O) groups is 2. The van der Waals surface area contributed by atoms with Crippen LogP contribution in [0, 0.1) is 0 Å². The van der Waals surface area contributed by atoms with Crippen molar-refractivity contribution in [2.75, 3.05) is 63.4 Å². The summed E-state index contributed by atoms with van der Waals surface area (Å²) in [6.07, 6.45) is -4.55. The van der Waals surface area contributed by atoms with E-state index in [9.17, 15) is 22.8 Å². The summed E-state index contributed by atoms with van der Waals surface area (Å²) in [5, 5.41) is 2.43. The van der Waals surface area contributed by atoms with Gasteiger partial charge in [0.25, 0.3) is 0 Å². The van der Waals surface area contributed by atoms with Gasteiger partial charge in [0, 0.05) is 20.2 Å². The zero-order valence-electron chi connectivity index (χ0n) is 15.9. The Morgan fingerprint density at radius 1 is 1.21 bits per heavy atom. The SMILES string of the molecule is COCCOc1ccc(C(F)(F)F)cc1NC(=O)CSCC(=O)N1CCOCC1. The number of ether oxygens (including phenoxy) is 3. The number of alkyl halides is 3. The fourth-order valence-corrected chi connectivity index (χ4v) is 3.20. The molecule has 1 heterocycles. The van der Waals surface area contributed by atoms with Gasteiger partial charge in [0.15, 0.2) is 0 Å². The summed E-state index contributed by atoms with van der Waals surface area (Å²) in [7, 11) is 1.47. The van der Waals surface area contributed by atoms with Crippen molar-refractivity contribution in [3.63, 3.8) is 0 Å². The van der Waals surface area contributed by atoms with E-state index in [0.717, 1.165) is 30.0 Å². The maximum absolute atomic E-state index is 13.0. The Morgan fingerprint density at radius 2 is 1.93 bits per heavy atom. The van der Waals surface area contributed by atoms with Crippen LogP contribution in [0.3, 0.4) is 0 Å². The number of carbonyl (C=O) groups excluding carboxylic acids is 2. The average molecular weight is 436 g/mol. The van der Waals surface area contributed by atoms with Gasteiger partial charge >= 0.3 is 6.18 Å². The molecule has 7 nitrogen and oxygen atoms in total. The topological polar surface area (TPSA) is 77.1 Å². The van der Waals surface area contributed by atoms with Gasteiger partial charge in [0.1, 0.15) is 12.4 Å². The number of nitrogens with zero attached hydrogens (tertiary/aromatic N) is 1. The van der Waals surface area contributed by atoms with Crippen LogP contribution in [0.1, 0.15) is 5.56 Å². The molecule has 1 N–H and O–H groups in total. The minimum absolute atomic E-state index is 0.0795. The number of hydrogen-bond donors (Lipinski definition) is 1.